The average Bonchev–Trinajstić information content (AvgIpc) is 2.91. The first-order valence-corrected chi connectivity index (χ1v) is 5.75. The van der Waals surface area contributed by atoms with Crippen molar-refractivity contribution in [2.24, 2.45) is 17.6 Å². The Morgan fingerprint density at radius 3 is 2.69 bits per heavy atom. The van der Waals surface area contributed by atoms with Crippen LogP contribution in [0.4, 0.5) is 0 Å². The van der Waals surface area contributed by atoms with Crippen molar-refractivity contribution in [1.29, 1.82) is 0 Å². The van der Waals surface area contributed by atoms with E-state index in [2.05, 4.69) is 19.2 Å². The molecule has 1 aliphatic rings. The van der Waals surface area contributed by atoms with Gasteiger partial charge in [-0.05, 0) is 37.8 Å². The van der Waals surface area contributed by atoms with Crippen LogP contribution >= 0.6 is 0 Å². The van der Waals surface area contributed by atoms with Gasteiger partial charge in [-0.3, -0.25) is 0 Å². The summed E-state index contributed by atoms with van der Waals surface area (Å²) in [6, 6.07) is 0.816. The monoisotopic (exact) mass is 184 g/mol. The molecule has 3 atom stereocenters. The molecule has 13 heavy (non-hydrogen) atoms. The van der Waals surface area contributed by atoms with E-state index < -0.39 is 0 Å². The molecular weight excluding hydrogens is 160 g/mol. The topological polar surface area (TPSA) is 38.0 Å². The minimum Gasteiger partial charge on any atom is -0.330 e. The van der Waals surface area contributed by atoms with Gasteiger partial charge in [-0.2, -0.15) is 0 Å². The van der Waals surface area contributed by atoms with Crippen LogP contribution in [-0.4, -0.2) is 19.1 Å². The third-order valence-corrected chi connectivity index (χ3v) is 3.15. The van der Waals surface area contributed by atoms with Crippen molar-refractivity contribution < 1.29 is 0 Å². The molecule has 1 fully saturated rings. The summed E-state index contributed by atoms with van der Waals surface area (Å²) in [6.07, 6.45) is 5.25. The molecule has 0 radical (unpaired) electrons. The molecule has 0 saturated heterocycles. The summed E-state index contributed by atoms with van der Waals surface area (Å²) in [7, 11) is 0. The zero-order valence-corrected chi connectivity index (χ0v) is 9.05. The van der Waals surface area contributed by atoms with Gasteiger partial charge >= 0.3 is 0 Å². The van der Waals surface area contributed by atoms with Crippen LogP contribution in [-0.2, 0) is 0 Å². The molecule has 0 aromatic heterocycles. The zero-order chi connectivity index (χ0) is 9.68. The molecule has 0 heterocycles. The first-order valence-electron chi connectivity index (χ1n) is 5.75. The summed E-state index contributed by atoms with van der Waals surface area (Å²) in [6.45, 7) is 6.48. The molecule has 0 aromatic rings. The van der Waals surface area contributed by atoms with Crippen LogP contribution in [0.25, 0.3) is 0 Å². The highest BCUT2D eigenvalue weighted by Gasteiger charge is 2.34. The molecule has 2 nitrogen and oxygen atoms in total. The fraction of sp³-hybridized carbons (Fsp3) is 1.00. The van der Waals surface area contributed by atoms with Crippen LogP contribution in [0.15, 0.2) is 0 Å². The third kappa shape index (κ3) is 3.65. The maximum absolute atomic E-state index is 5.69. The molecule has 0 aromatic carbocycles. The van der Waals surface area contributed by atoms with E-state index in [-0.39, 0.29) is 0 Å². The molecular formula is C11H24N2. The fourth-order valence-corrected chi connectivity index (χ4v) is 1.98. The first kappa shape index (κ1) is 11.0. The molecule has 2 heteroatoms. The van der Waals surface area contributed by atoms with E-state index in [1.54, 1.807) is 0 Å². The number of nitrogens with one attached hydrogen (secondary N) is 1. The highest BCUT2D eigenvalue weighted by molar-refractivity contribution is 4.92. The lowest BCUT2D eigenvalue weighted by atomic mass is 10.0. The average molecular weight is 184 g/mol. The Bertz CT molecular complexity index is 136. The summed E-state index contributed by atoms with van der Waals surface area (Å²) in [5, 5.41) is 3.61. The Morgan fingerprint density at radius 1 is 1.46 bits per heavy atom. The van der Waals surface area contributed by atoms with E-state index in [0.29, 0.717) is 5.92 Å². The summed E-state index contributed by atoms with van der Waals surface area (Å²) >= 11 is 0. The van der Waals surface area contributed by atoms with Gasteiger partial charge in [-0.25, -0.2) is 0 Å². The summed E-state index contributed by atoms with van der Waals surface area (Å²) in [5.74, 6) is 1.66. The highest BCUT2D eigenvalue weighted by atomic mass is 15.0. The Morgan fingerprint density at radius 2 is 2.23 bits per heavy atom. The number of hydrogen-bond donors (Lipinski definition) is 2. The Balaban J connectivity index is 2.03. The largest absolute Gasteiger partial charge is 0.330 e. The first-order chi connectivity index (χ1) is 6.31. The molecule has 3 unspecified atom stereocenters. The van der Waals surface area contributed by atoms with Gasteiger partial charge in [-0.15, -0.1) is 0 Å². The van der Waals surface area contributed by atoms with Crippen LogP contribution in [0, 0.1) is 11.8 Å². The SMILES string of the molecule is CCCC(CN)CNC1CC1CC. The smallest absolute Gasteiger partial charge is 0.00991 e. The van der Waals surface area contributed by atoms with Gasteiger partial charge in [0.25, 0.3) is 0 Å². The minimum absolute atomic E-state index is 0.697. The van der Waals surface area contributed by atoms with Crippen molar-refractivity contribution in [3.8, 4) is 0 Å². The van der Waals surface area contributed by atoms with Crippen molar-refractivity contribution in [3.05, 3.63) is 0 Å². The Hall–Kier alpha value is -0.0800. The molecule has 0 bridgehead atoms. The van der Waals surface area contributed by atoms with Crippen LogP contribution in [0.3, 0.4) is 0 Å². The third-order valence-electron chi connectivity index (χ3n) is 3.15. The second-order valence-corrected chi connectivity index (χ2v) is 4.31. The fourth-order valence-electron chi connectivity index (χ4n) is 1.98. The van der Waals surface area contributed by atoms with Crippen LogP contribution in [0.1, 0.15) is 39.5 Å². The Labute approximate surface area is 82.3 Å². The van der Waals surface area contributed by atoms with Gasteiger partial charge in [0.05, 0.1) is 0 Å². The van der Waals surface area contributed by atoms with Crippen LogP contribution in [0.2, 0.25) is 0 Å². The number of hydrogen-bond acceptors (Lipinski definition) is 2. The second kappa shape index (κ2) is 5.61. The number of rotatable bonds is 7. The quantitative estimate of drug-likeness (QED) is 0.632. The summed E-state index contributed by atoms with van der Waals surface area (Å²) in [5.41, 5.74) is 5.69. The maximum atomic E-state index is 5.69. The predicted molar refractivity (Wildman–Crippen MR) is 57.6 cm³/mol. The summed E-state index contributed by atoms with van der Waals surface area (Å²) < 4.78 is 0. The molecule has 0 amide bonds. The number of nitrogens with two attached hydrogens (primary N) is 1. The lowest BCUT2D eigenvalue weighted by Gasteiger charge is -2.14. The van der Waals surface area contributed by atoms with Gasteiger partial charge in [-0.1, -0.05) is 26.7 Å². The standard InChI is InChI=1S/C11H24N2/c1-3-5-9(7-12)8-13-11-6-10(11)4-2/h9-11,13H,3-8,12H2,1-2H3. The maximum Gasteiger partial charge on any atom is 0.00991 e. The van der Waals surface area contributed by atoms with Crippen LogP contribution < -0.4 is 11.1 Å². The summed E-state index contributed by atoms with van der Waals surface area (Å²) in [4.78, 5) is 0. The lowest BCUT2D eigenvalue weighted by Crippen LogP contribution is -2.30. The molecule has 3 N–H and O–H groups in total. The molecule has 78 valence electrons. The predicted octanol–water partition coefficient (Wildman–Crippen LogP) is 1.75. The van der Waals surface area contributed by atoms with Gasteiger partial charge in [0.15, 0.2) is 0 Å². The molecule has 0 aliphatic heterocycles. The normalized spacial score (nSPS) is 28.8. The Kier molecular flexibility index (Phi) is 4.74. The van der Waals surface area contributed by atoms with Crippen molar-refractivity contribution in [1.82, 2.24) is 5.32 Å². The van der Waals surface area contributed by atoms with E-state index in [4.69, 9.17) is 5.73 Å². The molecule has 0 spiro atoms. The van der Waals surface area contributed by atoms with Crippen molar-refractivity contribution in [2.45, 2.75) is 45.6 Å². The van der Waals surface area contributed by atoms with Gasteiger partial charge in [0.2, 0.25) is 0 Å². The lowest BCUT2D eigenvalue weighted by molar-refractivity contribution is 0.441. The van der Waals surface area contributed by atoms with E-state index in [1.807, 2.05) is 0 Å². The van der Waals surface area contributed by atoms with Gasteiger partial charge < -0.3 is 11.1 Å². The van der Waals surface area contributed by atoms with E-state index >= 15 is 0 Å². The molecule has 1 aliphatic carbocycles. The minimum atomic E-state index is 0.697. The van der Waals surface area contributed by atoms with Crippen molar-refractivity contribution >= 4 is 0 Å². The van der Waals surface area contributed by atoms with E-state index in [0.717, 1.165) is 25.0 Å². The second-order valence-electron chi connectivity index (χ2n) is 4.31. The van der Waals surface area contributed by atoms with E-state index in [9.17, 15) is 0 Å². The van der Waals surface area contributed by atoms with Gasteiger partial charge in [0, 0.05) is 6.04 Å². The van der Waals surface area contributed by atoms with Crippen LogP contribution in [0.5, 0.6) is 0 Å². The molecule has 1 saturated carbocycles. The van der Waals surface area contributed by atoms with Gasteiger partial charge in [0.1, 0.15) is 0 Å². The zero-order valence-electron chi connectivity index (χ0n) is 9.05. The van der Waals surface area contributed by atoms with Crippen molar-refractivity contribution in [3.63, 3.8) is 0 Å². The van der Waals surface area contributed by atoms with Crippen molar-refractivity contribution in [2.75, 3.05) is 13.1 Å². The molecule has 1 rings (SSSR count). The highest BCUT2D eigenvalue weighted by Crippen LogP contribution is 2.33. The van der Waals surface area contributed by atoms with E-state index in [1.165, 1.54) is 25.7 Å².